The number of benzene rings is 3. The number of piperazine rings is 1. The Morgan fingerprint density at radius 1 is 1.03 bits per heavy atom. The molecule has 1 fully saturated rings. The number of carbonyl (C=O) groups excluding carboxylic acids is 1. The van der Waals surface area contributed by atoms with Crippen LogP contribution in [0, 0.1) is 19.3 Å². The summed E-state index contributed by atoms with van der Waals surface area (Å²) in [5.41, 5.74) is 14.9. The summed E-state index contributed by atoms with van der Waals surface area (Å²) in [6.07, 6.45) is 5.45. The van der Waals surface area contributed by atoms with Crippen molar-refractivity contribution < 1.29 is 9.53 Å². The number of rotatable bonds is 4. The molecule has 3 aromatic rings. The summed E-state index contributed by atoms with van der Waals surface area (Å²) in [5, 5.41) is 0. The molecular formula is C29H29N3O2. The molecule has 0 saturated carbocycles. The summed E-state index contributed by atoms with van der Waals surface area (Å²) in [7, 11) is 0. The van der Waals surface area contributed by atoms with E-state index in [0.29, 0.717) is 26.2 Å². The predicted molar refractivity (Wildman–Crippen MR) is 136 cm³/mol. The van der Waals surface area contributed by atoms with Crippen LogP contribution in [-0.4, -0.2) is 43.8 Å². The lowest BCUT2D eigenvalue weighted by molar-refractivity contribution is 0.0977. The normalized spacial score (nSPS) is 15.0. The van der Waals surface area contributed by atoms with E-state index >= 15 is 0 Å². The predicted octanol–water partition coefficient (Wildman–Crippen LogP) is 4.51. The molecule has 0 aromatic heterocycles. The van der Waals surface area contributed by atoms with Gasteiger partial charge in [0.25, 0.3) is 0 Å². The van der Waals surface area contributed by atoms with Gasteiger partial charge >= 0.3 is 6.09 Å². The lowest BCUT2D eigenvalue weighted by Gasteiger charge is -2.36. The van der Waals surface area contributed by atoms with Crippen LogP contribution in [0.3, 0.4) is 0 Å². The lowest BCUT2D eigenvalue weighted by Crippen LogP contribution is -2.49. The number of nitrogens with two attached hydrogens (primary N) is 1. The molecule has 0 radical (unpaired) electrons. The van der Waals surface area contributed by atoms with Gasteiger partial charge in [-0.3, -0.25) is 0 Å². The molecule has 0 spiro atoms. The van der Waals surface area contributed by atoms with Crippen LogP contribution in [0.5, 0.6) is 0 Å². The Hall–Kier alpha value is -3.75. The van der Waals surface area contributed by atoms with E-state index in [0.717, 1.165) is 35.5 Å². The van der Waals surface area contributed by atoms with E-state index in [1.165, 1.54) is 22.3 Å². The zero-order valence-electron chi connectivity index (χ0n) is 19.5. The van der Waals surface area contributed by atoms with E-state index < -0.39 is 0 Å². The van der Waals surface area contributed by atoms with Gasteiger partial charge in [0, 0.05) is 49.9 Å². The first-order valence-corrected chi connectivity index (χ1v) is 11.8. The largest absolute Gasteiger partial charge is 0.448 e. The van der Waals surface area contributed by atoms with Crippen molar-refractivity contribution in [2.45, 2.75) is 19.4 Å². The zero-order valence-corrected chi connectivity index (χ0v) is 19.5. The van der Waals surface area contributed by atoms with Gasteiger partial charge in [0.1, 0.15) is 6.61 Å². The molecule has 1 saturated heterocycles. The van der Waals surface area contributed by atoms with Gasteiger partial charge in [-0.05, 0) is 52.4 Å². The Kier molecular flexibility index (Phi) is 6.00. The van der Waals surface area contributed by atoms with Crippen molar-refractivity contribution in [3.8, 4) is 23.5 Å². The third kappa shape index (κ3) is 3.91. The van der Waals surface area contributed by atoms with Gasteiger partial charge in [0.05, 0.1) is 0 Å². The maximum absolute atomic E-state index is 12.9. The number of hydrogen-bond acceptors (Lipinski definition) is 4. The SMILES string of the molecule is C#Cc1cc(N2CCN(C(=O)OCC3c4ccccc4-c4ccccc43)CC2)cc(CN)c1C. The molecule has 1 aliphatic carbocycles. The van der Waals surface area contributed by atoms with Gasteiger partial charge in [0.2, 0.25) is 0 Å². The van der Waals surface area contributed by atoms with Gasteiger partial charge in [-0.15, -0.1) is 6.42 Å². The first kappa shape index (κ1) is 22.1. The Balaban J connectivity index is 1.23. The Bertz CT molecular complexity index is 1220. The van der Waals surface area contributed by atoms with Crippen molar-refractivity contribution in [1.29, 1.82) is 0 Å². The standard InChI is InChI=1S/C29H29N3O2/c1-3-21-16-23(17-22(18-30)20(21)2)31-12-14-32(15-13-31)29(33)34-19-28-26-10-6-4-8-24(26)25-9-5-7-11-27(25)28/h1,4-11,16-17,28H,12-15,18-19,30H2,2H3. The number of anilines is 1. The maximum Gasteiger partial charge on any atom is 0.409 e. The minimum absolute atomic E-state index is 0.0714. The van der Waals surface area contributed by atoms with Crippen LogP contribution in [0.4, 0.5) is 10.5 Å². The fourth-order valence-electron chi connectivity index (χ4n) is 5.13. The molecule has 172 valence electrons. The molecule has 2 N–H and O–H groups in total. The molecule has 0 unspecified atom stereocenters. The van der Waals surface area contributed by atoms with Crippen molar-refractivity contribution in [3.05, 3.63) is 88.5 Å². The average Bonchev–Trinajstić information content (AvgIpc) is 3.21. The number of fused-ring (bicyclic) bond motifs is 3. The fraction of sp³-hybridized carbons (Fsp3) is 0.276. The van der Waals surface area contributed by atoms with E-state index in [4.69, 9.17) is 16.9 Å². The number of amides is 1. The van der Waals surface area contributed by atoms with Crippen LogP contribution in [0.1, 0.15) is 33.7 Å². The Morgan fingerprint density at radius 3 is 2.24 bits per heavy atom. The highest BCUT2D eigenvalue weighted by atomic mass is 16.6. The number of terminal acetylenes is 1. The molecular weight excluding hydrogens is 422 g/mol. The molecule has 1 heterocycles. The highest BCUT2D eigenvalue weighted by Crippen LogP contribution is 2.44. The highest BCUT2D eigenvalue weighted by Gasteiger charge is 2.30. The molecule has 5 nitrogen and oxygen atoms in total. The Morgan fingerprint density at radius 2 is 1.65 bits per heavy atom. The third-order valence-electron chi connectivity index (χ3n) is 7.11. The Labute approximate surface area is 201 Å². The fourth-order valence-corrected chi connectivity index (χ4v) is 5.13. The molecule has 0 atom stereocenters. The van der Waals surface area contributed by atoms with Crippen molar-refractivity contribution in [3.63, 3.8) is 0 Å². The van der Waals surface area contributed by atoms with Crippen molar-refractivity contribution in [2.75, 3.05) is 37.7 Å². The van der Waals surface area contributed by atoms with Gasteiger partial charge in [0.15, 0.2) is 0 Å². The number of hydrogen-bond donors (Lipinski definition) is 1. The summed E-state index contributed by atoms with van der Waals surface area (Å²) < 4.78 is 5.83. The van der Waals surface area contributed by atoms with Crippen LogP contribution < -0.4 is 10.6 Å². The van der Waals surface area contributed by atoms with Crippen molar-refractivity contribution >= 4 is 11.8 Å². The second kappa shape index (κ2) is 9.24. The second-order valence-electron chi connectivity index (χ2n) is 8.90. The highest BCUT2D eigenvalue weighted by molar-refractivity contribution is 5.79. The minimum atomic E-state index is -0.252. The summed E-state index contributed by atoms with van der Waals surface area (Å²) in [4.78, 5) is 17.0. The van der Waals surface area contributed by atoms with E-state index in [1.807, 2.05) is 25.1 Å². The monoisotopic (exact) mass is 451 g/mol. The van der Waals surface area contributed by atoms with Crippen LogP contribution in [0.2, 0.25) is 0 Å². The third-order valence-corrected chi connectivity index (χ3v) is 7.11. The van der Waals surface area contributed by atoms with Gasteiger partial charge < -0.3 is 20.3 Å². The molecule has 3 aromatic carbocycles. The van der Waals surface area contributed by atoms with Crippen LogP contribution in [-0.2, 0) is 11.3 Å². The topological polar surface area (TPSA) is 58.8 Å². The number of nitrogens with zero attached hydrogens (tertiary/aromatic N) is 2. The van der Waals surface area contributed by atoms with Gasteiger partial charge in [-0.2, -0.15) is 0 Å². The molecule has 0 bridgehead atoms. The van der Waals surface area contributed by atoms with Crippen molar-refractivity contribution in [1.82, 2.24) is 4.90 Å². The molecule has 34 heavy (non-hydrogen) atoms. The lowest BCUT2D eigenvalue weighted by atomic mass is 9.98. The van der Waals surface area contributed by atoms with E-state index in [2.05, 4.69) is 53.3 Å². The summed E-state index contributed by atoms with van der Waals surface area (Å²) >= 11 is 0. The van der Waals surface area contributed by atoms with Crippen molar-refractivity contribution in [2.24, 2.45) is 5.73 Å². The van der Waals surface area contributed by atoms with E-state index in [1.54, 1.807) is 4.90 Å². The molecule has 2 aliphatic rings. The molecule has 1 aliphatic heterocycles. The number of carbonyl (C=O) groups is 1. The molecule has 5 rings (SSSR count). The second-order valence-corrected chi connectivity index (χ2v) is 8.90. The van der Waals surface area contributed by atoms with Crippen LogP contribution in [0.15, 0.2) is 60.7 Å². The van der Waals surface area contributed by atoms with Crippen LogP contribution in [0.25, 0.3) is 11.1 Å². The van der Waals surface area contributed by atoms with E-state index in [9.17, 15) is 4.79 Å². The smallest absolute Gasteiger partial charge is 0.409 e. The number of ether oxygens (including phenoxy) is 1. The zero-order chi connectivity index (χ0) is 23.7. The maximum atomic E-state index is 12.9. The average molecular weight is 452 g/mol. The van der Waals surface area contributed by atoms with E-state index in [-0.39, 0.29) is 12.0 Å². The molecule has 1 amide bonds. The van der Waals surface area contributed by atoms with Crippen LogP contribution >= 0.6 is 0 Å². The molecule has 5 heteroatoms. The van der Waals surface area contributed by atoms with Gasteiger partial charge in [-0.1, -0.05) is 54.5 Å². The summed E-state index contributed by atoms with van der Waals surface area (Å²) in [6.45, 7) is 5.46. The quantitative estimate of drug-likeness (QED) is 0.593. The summed E-state index contributed by atoms with van der Waals surface area (Å²) in [6, 6.07) is 20.9. The first-order chi connectivity index (χ1) is 16.6. The summed E-state index contributed by atoms with van der Waals surface area (Å²) in [5.74, 6) is 2.84. The first-order valence-electron chi connectivity index (χ1n) is 11.8. The van der Waals surface area contributed by atoms with Gasteiger partial charge in [-0.25, -0.2) is 4.79 Å². The minimum Gasteiger partial charge on any atom is -0.448 e.